The lowest BCUT2D eigenvalue weighted by Gasteiger charge is -2.22. The summed E-state index contributed by atoms with van der Waals surface area (Å²) < 4.78 is 0. The van der Waals surface area contributed by atoms with Crippen molar-refractivity contribution >= 4 is 11.2 Å². The molecule has 0 spiro atoms. The van der Waals surface area contributed by atoms with E-state index >= 15 is 0 Å². The van der Waals surface area contributed by atoms with Crippen LogP contribution in [-0.4, -0.2) is 33.0 Å². The van der Waals surface area contributed by atoms with E-state index in [0.717, 1.165) is 48.6 Å². The van der Waals surface area contributed by atoms with Crippen molar-refractivity contribution in [3.8, 4) is 0 Å². The minimum absolute atomic E-state index is 0.533. The highest BCUT2D eigenvalue weighted by Crippen LogP contribution is 2.27. The topological polar surface area (TPSA) is 66.5 Å². The van der Waals surface area contributed by atoms with Crippen molar-refractivity contribution in [1.29, 1.82) is 0 Å². The van der Waals surface area contributed by atoms with Gasteiger partial charge in [0, 0.05) is 5.92 Å². The zero-order chi connectivity index (χ0) is 11.0. The van der Waals surface area contributed by atoms with E-state index in [1.807, 2.05) is 6.92 Å². The van der Waals surface area contributed by atoms with Crippen LogP contribution in [0.3, 0.4) is 0 Å². The fourth-order valence-corrected chi connectivity index (χ4v) is 2.36. The first kappa shape index (κ1) is 9.72. The van der Waals surface area contributed by atoms with E-state index in [1.54, 1.807) is 6.33 Å². The number of nitrogens with zero attached hydrogens (tertiary/aromatic N) is 3. The van der Waals surface area contributed by atoms with Gasteiger partial charge in [-0.3, -0.25) is 0 Å². The molecule has 5 heteroatoms. The molecule has 0 radical (unpaired) electrons. The maximum absolute atomic E-state index is 4.59. The van der Waals surface area contributed by atoms with E-state index in [9.17, 15) is 0 Å². The zero-order valence-corrected chi connectivity index (χ0v) is 9.32. The summed E-state index contributed by atoms with van der Waals surface area (Å²) in [7, 11) is 0. The number of nitrogens with one attached hydrogen (secondary N) is 2. The molecule has 2 aromatic rings. The molecule has 1 saturated heterocycles. The highest BCUT2D eigenvalue weighted by molar-refractivity contribution is 5.73. The van der Waals surface area contributed by atoms with Gasteiger partial charge in [-0.15, -0.1) is 0 Å². The van der Waals surface area contributed by atoms with Crippen LogP contribution >= 0.6 is 0 Å². The third kappa shape index (κ3) is 1.57. The summed E-state index contributed by atoms with van der Waals surface area (Å²) in [6.07, 6.45) is 3.98. The molecular formula is C11H15N5. The van der Waals surface area contributed by atoms with Crippen LogP contribution in [0.4, 0.5) is 0 Å². The second-order valence-corrected chi connectivity index (χ2v) is 4.28. The van der Waals surface area contributed by atoms with E-state index in [1.165, 1.54) is 0 Å². The average molecular weight is 217 g/mol. The smallest absolute Gasteiger partial charge is 0.181 e. The van der Waals surface area contributed by atoms with Crippen LogP contribution < -0.4 is 5.32 Å². The van der Waals surface area contributed by atoms with Crippen molar-refractivity contribution in [1.82, 2.24) is 25.3 Å². The van der Waals surface area contributed by atoms with Gasteiger partial charge < -0.3 is 10.3 Å². The van der Waals surface area contributed by atoms with Crippen molar-refractivity contribution in [2.24, 2.45) is 0 Å². The number of imidazole rings is 1. The molecule has 0 aromatic carbocycles. The van der Waals surface area contributed by atoms with Crippen LogP contribution in [0.25, 0.3) is 11.2 Å². The number of aryl methyl sites for hydroxylation is 1. The summed E-state index contributed by atoms with van der Waals surface area (Å²) in [4.78, 5) is 16.3. The average Bonchev–Trinajstić information content (AvgIpc) is 2.77. The van der Waals surface area contributed by atoms with E-state index < -0.39 is 0 Å². The second-order valence-electron chi connectivity index (χ2n) is 4.28. The van der Waals surface area contributed by atoms with Gasteiger partial charge in [-0.25, -0.2) is 15.0 Å². The molecule has 2 N–H and O–H groups in total. The first-order valence-electron chi connectivity index (χ1n) is 5.73. The van der Waals surface area contributed by atoms with Crippen LogP contribution in [-0.2, 0) is 0 Å². The molecule has 3 rings (SSSR count). The predicted molar refractivity (Wildman–Crippen MR) is 61.3 cm³/mol. The van der Waals surface area contributed by atoms with Crippen LogP contribution in [0.1, 0.15) is 30.3 Å². The molecule has 0 amide bonds. The number of rotatable bonds is 1. The lowest BCUT2D eigenvalue weighted by molar-refractivity contribution is 0.454. The Bertz CT molecular complexity index is 498. The van der Waals surface area contributed by atoms with Crippen LogP contribution in [0.2, 0.25) is 0 Å². The number of aromatic nitrogens is 4. The highest BCUT2D eigenvalue weighted by Gasteiger charge is 2.20. The van der Waals surface area contributed by atoms with Gasteiger partial charge in [0.1, 0.15) is 11.3 Å². The minimum Gasteiger partial charge on any atom is -0.342 e. The third-order valence-electron chi connectivity index (χ3n) is 3.15. The Morgan fingerprint density at radius 3 is 2.88 bits per heavy atom. The maximum atomic E-state index is 4.59. The number of hydrogen-bond acceptors (Lipinski definition) is 4. The van der Waals surface area contributed by atoms with E-state index in [2.05, 4.69) is 25.3 Å². The normalized spacial score (nSPS) is 18.1. The summed E-state index contributed by atoms with van der Waals surface area (Å²) in [5, 5.41) is 3.37. The van der Waals surface area contributed by atoms with Crippen LogP contribution in [0.5, 0.6) is 0 Å². The zero-order valence-electron chi connectivity index (χ0n) is 9.32. The molecule has 5 nitrogen and oxygen atoms in total. The van der Waals surface area contributed by atoms with Crippen LogP contribution in [0.15, 0.2) is 6.33 Å². The number of H-pyrrole nitrogens is 1. The Kier molecular flexibility index (Phi) is 2.32. The fraction of sp³-hybridized carbons (Fsp3) is 0.545. The van der Waals surface area contributed by atoms with Crippen molar-refractivity contribution in [3.63, 3.8) is 0 Å². The van der Waals surface area contributed by atoms with Gasteiger partial charge in [0.2, 0.25) is 0 Å². The van der Waals surface area contributed by atoms with E-state index in [-0.39, 0.29) is 0 Å². The summed E-state index contributed by atoms with van der Waals surface area (Å²) in [5.41, 5.74) is 2.94. The Hall–Kier alpha value is -1.49. The molecule has 84 valence electrons. The summed E-state index contributed by atoms with van der Waals surface area (Å²) in [5.74, 6) is 1.35. The van der Waals surface area contributed by atoms with Crippen molar-refractivity contribution < 1.29 is 0 Å². The Morgan fingerprint density at radius 1 is 1.25 bits per heavy atom. The quantitative estimate of drug-likeness (QED) is 0.751. The number of fused-ring (bicyclic) bond motifs is 1. The summed E-state index contributed by atoms with van der Waals surface area (Å²) >= 11 is 0. The maximum Gasteiger partial charge on any atom is 0.181 e. The summed E-state index contributed by atoms with van der Waals surface area (Å²) in [6.45, 7) is 4.07. The van der Waals surface area contributed by atoms with Gasteiger partial charge in [0.05, 0.1) is 12.0 Å². The molecule has 1 aliphatic rings. The molecule has 1 aliphatic heterocycles. The fourth-order valence-electron chi connectivity index (χ4n) is 2.36. The van der Waals surface area contributed by atoms with Gasteiger partial charge >= 0.3 is 0 Å². The molecule has 1 fully saturated rings. The Morgan fingerprint density at radius 2 is 2.06 bits per heavy atom. The summed E-state index contributed by atoms with van der Waals surface area (Å²) in [6, 6.07) is 0. The SMILES string of the molecule is Cc1nc(C2CCNCC2)c2[nH]cnc2n1. The molecule has 2 aromatic heterocycles. The number of piperidine rings is 1. The molecular weight excluding hydrogens is 202 g/mol. The van der Waals surface area contributed by atoms with E-state index in [0.29, 0.717) is 5.92 Å². The molecule has 0 atom stereocenters. The van der Waals surface area contributed by atoms with Crippen molar-refractivity contribution in [2.45, 2.75) is 25.7 Å². The van der Waals surface area contributed by atoms with Gasteiger partial charge in [-0.05, 0) is 32.9 Å². The second kappa shape index (κ2) is 3.83. The molecule has 0 saturated carbocycles. The number of aromatic amines is 1. The first-order valence-corrected chi connectivity index (χ1v) is 5.73. The standard InChI is InChI=1S/C11H15N5/c1-7-15-9(8-2-4-12-5-3-8)10-11(16-7)14-6-13-10/h6,8,12H,2-5H2,1H3,(H,13,14,15,16). The molecule has 16 heavy (non-hydrogen) atoms. The Balaban J connectivity index is 2.09. The van der Waals surface area contributed by atoms with Crippen molar-refractivity contribution in [2.75, 3.05) is 13.1 Å². The van der Waals surface area contributed by atoms with Gasteiger partial charge in [-0.1, -0.05) is 0 Å². The Labute approximate surface area is 93.7 Å². The van der Waals surface area contributed by atoms with Crippen molar-refractivity contribution in [3.05, 3.63) is 17.8 Å². The molecule has 3 heterocycles. The first-order chi connectivity index (χ1) is 7.84. The largest absolute Gasteiger partial charge is 0.342 e. The van der Waals surface area contributed by atoms with Gasteiger partial charge in [-0.2, -0.15) is 0 Å². The highest BCUT2D eigenvalue weighted by atomic mass is 15.0. The monoisotopic (exact) mass is 217 g/mol. The molecule has 0 bridgehead atoms. The van der Waals surface area contributed by atoms with Crippen LogP contribution in [0, 0.1) is 6.92 Å². The van der Waals surface area contributed by atoms with Gasteiger partial charge in [0.15, 0.2) is 5.65 Å². The molecule has 0 aliphatic carbocycles. The number of hydrogen-bond donors (Lipinski definition) is 2. The molecule has 0 unspecified atom stereocenters. The lowest BCUT2D eigenvalue weighted by atomic mass is 9.94. The van der Waals surface area contributed by atoms with E-state index in [4.69, 9.17) is 0 Å². The predicted octanol–water partition coefficient (Wildman–Crippen LogP) is 1.13. The minimum atomic E-state index is 0.533. The lowest BCUT2D eigenvalue weighted by Crippen LogP contribution is -2.27. The third-order valence-corrected chi connectivity index (χ3v) is 3.15. The van der Waals surface area contributed by atoms with Gasteiger partial charge in [0.25, 0.3) is 0 Å².